The van der Waals surface area contributed by atoms with Crippen molar-refractivity contribution in [3.05, 3.63) is 30.1 Å². The molecule has 7 nitrogen and oxygen atoms in total. The smallest absolute Gasteiger partial charge is 0.260 e. The van der Waals surface area contributed by atoms with Crippen LogP contribution in [0.1, 0.15) is 0 Å². The Morgan fingerprint density at radius 1 is 0.962 bits per heavy atom. The minimum Gasteiger partial charge on any atom is -0.481 e. The number of halogens is 1. The molecular formula is C18H24FN3O4. The monoisotopic (exact) mass is 365 g/mol. The van der Waals surface area contributed by atoms with Crippen molar-refractivity contribution in [2.75, 3.05) is 65.6 Å². The van der Waals surface area contributed by atoms with Gasteiger partial charge in [0.2, 0.25) is 5.91 Å². The molecule has 0 unspecified atom stereocenters. The van der Waals surface area contributed by atoms with Crippen molar-refractivity contribution in [2.24, 2.45) is 0 Å². The normalized spacial score (nSPS) is 18.7. The summed E-state index contributed by atoms with van der Waals surface area (Å²) in [5.74, 6) is -0.533. The molecular weight excluding hydrogens is 341 g/mol. The Morgan fingerprint density at radius 3 is 2.23 bits per heavy atom. The van der Waals surface area contributed by atoms with Gasteiger partial charge >= 0.3 is 0 Å². The summed E-state index contributed by atoms with van der Waals surface area (Å²) in [6.07, 6.45) is 0. The van der Waals surface area contributed by atoms with E-state index in [1.54, 1.807) is 21.9 Å². The van der Waals surface area contributed by atoms with E-state index in [0.29, 0.717) is 45.9 Å². The fourth-order valence-corrected chi connectivity index (χ4v) is 3.05. The van der Waals surface area contributed by atoms with Gasteiger partial charge in [-0.25, -0.2) is 4.39 Å². The average molecular weight is 365 g/mol. The number of para-hydroxylation sites is 1. The molecule has 0 bridgehead atoms. The van der Waals surface area contributed by atoms with Crippen molar-refractivity contribution in [1.82, 2.24) is 14.7 Å². The Morgan fingerprint density at radius 2 is 1.58 bits per heavy atom. The topological polar surface area (TPSA) is 62.3 Å². The molecule has 0 radical (unpaired) electrons. The molecule has 2 fully saturated rings. The SMILES string of the molecule is O=C(COc1ccccc1F)N1CCN(C(=O)CN2CCOCC2)CC1. The number of carbonyl (C=O) groups excluding carboxylic acids is 2. The highest BCUT2D eigenvalue weighted by molar-refractivity contribution is 5.80. The van der Waals surface area contributed by atoms with Gasteiger partial charge in [-0.2, -0.15) is 0 Å². The summed E-state index contributed by atoms with van der Waals surface area (Å²) < 4.78 is 24.1. The summed E-state index contributed by atoms with van der Waals surface area (Å²) in [6, 6.07) is 6.00. The van der Waals surface area contributed by atoms with E-state index in [4.69, 9.17) is 9.47 Å². The van der Waals surface area contributed by atoms with Crippen LogP contribution in [0.3, 0.4) is 0 Å². The fourth-order valence-electron chi connectivity index (χ4n) is 3.05. The van der Waals surface area contributed by atoms with Gasteiger partial charge in [-0.05, 0) is 12.1 Å². The predicted molar refractivity (Wildman–Crippen MR) is 92.3 cm³/mol. The van der Waals surface area contributed by atoms with Gasteiger partial charge in [-0.3, -0.25) is 14.5 Å². The molecule has 26 heavy (non-hydrogen) atoms. The second kappa shape index (κ2) is 8.95. The lowest BCUT2D eigenvalue weighted by molar-refractivity contribution is -0.141. The molecule has 2 saturated heterocycles. The van der Waals surface area contributed by atoms with E-state index in [2.05, 4.69) is 4.90 Å². The second-order valence-electron chi connectivity index (χ2n) is 6.37. The Kier molecular flexibility index (Phi) is 6.40. The van der Waals surface area contributed by atoms with Crippen LogP contribution in [0.25, 0.3) is 0 Å². The number of amides is 2. The summed E-state index contributed by atoms with van der Waals surface area (Å²) in [5, 5.41) is 0. The van der Waals surface area contributed by atoms with Crippen LogP contribution < -0.4 is 4.74 Å². The van der Waals surface area contributed by atoms with Crippen LogP contribution in [0.2, 0.25) is 0 Å². The summed E-state index contributed by atoms with van der Waals surface area (Å²) in [5.41, 5.74) is 0. The number of benzene rings is 1. The van der Waals surface area contributed by atoms with E-state index in [1.165, 1.54) is 12.1 Å². The molecule has 3 rings (SSSR count). The van der Waals surface area contributed by atoms with Crippen LogP contribution in [-0.4, -0.2) is 92.1 Å². The second-order valence-corrected chi connectivity index (χ2v) is 6.37. The van der Waals surface area contributed by atoms with Gasteiger partial charge < -0.3 is 19.3 Å². The molecule has 2 aliphatic rings. The third-order valence-electron chi connectivity index (χ3n) is 4.64. The molecule has 2 heterocycles. The standard InChI is InChI=1S/C18H24FN3O4/c19-15-3-1-2-4-16(15)26-14-18(24)22-7-5-21(6-8-22)17(23)13-20-9-11-25-12-10-20/h1-4H,5-14H2. The summed E-state index contributed by atoms with van der Waals surface area (Å²) in [4.78, 5) is 30.1. The van der Waals surface area contributed by atoms with Gasteiger partial charge in [0.1, 0.15) is 0 Å². The highest BCUT2D eigenvalue weighted by Gasteiger charge is 2.26. The van der Waals surface area contributed by atoms with E-state index in [1.807, 2.05) is 0 Å². The van der Waals surface area contributed by atoms with E-state index < -0.39 is 5.82 Å². The maximum absolute atomic E-state index is 13.5. The van der Waals surface area contributed by atoms with Gasteiger partial charge in [0, 0.05) is 39.3 Å². The zero-order valence-electron chi connectivity index (χ0n) is 14.7. The van der Waals surface area contributed by atoms with Gasteiger partial charge in [-0.15, -0.1) is 0 Å². The Balaban J connectivity index is 1.40. The van der Waals surface area contributed by atoms with Crippen LogP contribution in [-0.2, 0) is 14.3 Å². The van der Waals surface area contributed by atoms with Crippen molar-refractivity contribution in [3.63, 3.8) is 0 Å². The number of nitrogens with zero attached hydrogens (tertiary/aromatic N) is 3. The van der Waals surface area contributed by atoms with Crippen molar-refractivity contribution in [3.8, 4) is 5.75 Å². The van der Waals surface area contributed by atoms with Crippen molar-refractivity contribution in [2.45, 2.75) is 0 Å². The third kappa shape index (κ3) is 4.92. The zero-order chi connectivity index (χ0) is 18.4. The number of hydrogen-bond acceptors (Lipinski definition) is 5. The van der Waals surface area contributed by atoms with Gasteiger partial charge in [0.25, 0.3) is 5.91 Å². The summed E-state index contributed by atoms with van der Waals surface area (Å²) in [7, 11) is 0. The number of carbonyl (C=O) groups is 2. The van der Waals surface area contributed by atoms with Crippen LogP contribution in [0, 0.1) is 5.82 Å². The van der Waals surface area contributed by atoms with Crippen molar-refractivity contribution < 1.29 is 23.5 Å². The van der Waals surface area contributed by atoms with Crippen molar-refractivity contribution in [1.29, 1.82) is 0 Å². The first-order chi connectivity index (χ1) is 12.6. The summed E-state index contributed by atoms with van der Waals surface area (Å²) in [6.45, 7) is 5.02. The third-order valence-corrected chi connectivity index (χ3v) is 4.64. The van der Waals surface area contributed by atoms with E-state index >= 15 is 0 Å². The van der Waals surface area contributed by atoms with Gasteiger partial charge in [0.15, 0.2) is 18.2 Å². The maximum Gasteiger partial charge on any atom is 0.260 e. The highest BCUT2D eigenvalue weighted by atomic mass is 19.1. The van der Waals surface area contributed by atoms with Crippen LogP contribution in [0.4, 0.5) is 4.39 Å². The molecule has 1 aromatic rings. The van der Waals surface area contributed by atoms with E-state index in [0.717, 1.165) is 13.1 Å². The fraction of sp³-hybridized carbons (Fsp3) is 0.556. The molecule has 0 atom stereocenters. The van der Waals surface area contributed by atoms with E-state index in [9.17, 15) is 14.0 Å². The Hall–Kier alpha value is -2.19. The first-order valence-electron chi connectivity index (χ1n) is 8.86. The quantitative estimate of drug-likeness (QED) is 0.746. The highest BCUT2D eigenvalue weighted by Crippen LogP contribution is 2.15. The maximum atomic E-state index is 13.5. The lowest BCUT2D eigenvalue weighted by Gasteiger charge is -2.36. The largest absolute Gasteiger partial charge is 0.481 e. The molecule has 0 aliphatic carbocycles. The Bertz CT molecular complexity index is 629. The minimum atomic E-state index is -0.487. The predicted octanol–water partition coefficient (Wildman–Crippen LogP) is 0.208. The van der Waals surface area contributed by atoms with Crippen LogP contribution >= 0.6 is 0 Å². The first kappa shape index (κ1) is 18.6. The molecule has 0 spiro atoms. The molecule has 0 saturated carbocycles. The summed E-state index contributed by atoms with van der Waals surface area (Å²) >= 11 is 0. The molecule has 2 aliphatic heterocycles. The van der Waals surface area contributed by atoms with E-state index in [-0.39, 0.29) is 24.2 Å². The van der Waals surface area contributed by atoms with Gasteiger partial charge in [0.05, 0.1) is 19.8 Å². The molecule has 142 valence electrons. The number of rotatable bonds is 5. The minimum absolute atomic E-state index is 0.0696. The molecule has 2 amide bonds. The van der Waals surface area contributed by atoms with Crippen LogP contribution in [0.15, 0.2) is 24.3 Å². The lowest BCUT2D eigenvalue weighted by Crippen LogP contribution is -2.54. The lowest BCUT2D eigenvalue weighted by atomic mass is 10.3. The zero-order valence-corrected chi connectivity index (χ0v) is 14.7. The molecule has 1 aromatic carbocycles. The van der Waals surface area contributed by atoms with Crippen molar-refractivity contribution >= 4 is 11.8 Å². The van der Waals surface area contributed by atoms with Crippen LogP contribution in [0.5, 0.6) is 5.75 Å². The Labute approximate surface area is 152 Å². The molecule has 0 aromatic heterocycles. The van der Waals surface area contributed by atoms with Gasteiger partial charge in [-0.1, -0.05) is 12.1 Å². The number of piperazine rings is 1. The number of ether oxygens (including phenoxy) is 2. The molecule has 8 heteroatoms. The first-order valence-corrected chi connectivity index (χ1v) is 8.86. The number of hydrogen-bond donors (Lipinski definition) is 0. The molecule has 0 N–H and O–H groups in total. The average Bonchev–Trinajstić information content (AvgIpc) is 2.68. The number of morpholine rings is 1.